The van der Waals surface area contributed by atoms with Crippen LogP contribution in [0.15, 0.2) is 12.3 Å². The van der Waals surface area contributed by atoms with Crippen molar-refractivity contribution in [2.75, 3.05) is 13.7 Å². The zero-order valence-electron chi connectivity index (χ0n) is 21.1. The molecule has 2 N–H and O–H groups in total. The van der Waals surface area contributed by atoms with Crippen molar-refractivity contribution in [1.82, 2.24) is 10.3 Å². The van der Waals surface area contributed by atoms with Gasteiger partial charge in [-0.05, 0) is 45.4 Å². The molecule has 4 unspecified atom stereocenters. The van der Waals surface area contributed by atoms with Gasteiger partial charge in [0.15, 0.2) is 17.2 Å². The fourth-order valence-electron chi connectivity index (χ4n) is 4.72. The number of hydrogen-bond donors (Lipinski definition) is 2. The van der Waals surface area contributed by atoms with Gasteiger partial charge in [0.05, 0.1) is 19.3 Å². The normalized spacial score (nSPS) is 25.6. The minimum absolute atomic E-state index is 0.0209. The molecule has 1 aliphatic carbocycles. The number of aromatic hydroxyl groups is 1. The Morgan fingerprint density at radius 3 is 2.62 bits per heavy atom. The first-order valence-corrected chi connectivity index (χ1v) is 12.7. The number of rotatable bonds is 9. The first kappa shape index (κ1) is 29.0. The Morgan fingerprint density at radius 1 is 1.22 bits per heavy atom. The highest BCUT2D eigenvalue weighted by Gasteiger charge is 2.37. The number of cyclic esters (lactones) is 1. The monoisotopic (exact) mass is 532 g/mol. The zero-order valence-corrected chi connectivity index (χ0v) is 21.1. The van der Waals surface area contributed by atoms with E-state index in [4.69, 9.17) is 18.9 Å². The third-order valence-corrected chi connectivity index (χ3v) is 6.61. The van der Waals surface area contributed by atoms with Crippen molar-refractivity contribution in [3.63, 3.8) is 0 Å². The number of ether oxygens (including phenoxy) is 4. The van der Waals surface area contributed by atoms with Crippen LogP contribution in [0.1, 0.15) is 75.2 Å². The van der Waals surface area contributed by atoms with Gasteiger partial charge in [0, 0.05) is 25.3 Å². The summed E-state index contributed by atoms with van der Waals surface area (Å²) in [6.45, 7) is 1.45. The van der Waals surface area contributed by atoms with Gasteiger partial charge in [-0.25, -0.2) is 9.78 Å². The summed E-state index contributed by atoms with van der Waals surface area (Å²) in [6.07, 6.45) is -1.19. The molecule has 1 aromatic heterocycles. The van der Waals surface area contributed by atoms with E-state index in [1.54, 1.807) is 6.92 Å². The van der Waals surface area contributed by atoms with Gasteiger partial charge in [0.2, 0.25) is 0 Å². The molecule has 37 heavy (non-hydrogen) atoms. The SMILES string of the molecule is COc1ccnc(C(=O)NC2CCCC(OC3CCCC3)C(OCCCC(F)(F)F)C(C)OC2=O)c1O. The molecule has 1 saturated heterocycles. The highest BCUT2D eigenvalue weighted by atomic mass is 19.4. The highest BCUT2D eigenvalue weighted by Crippen LogP contribution is 2.30. The number of esters is 1. The van der Waals surface area contributed by atoms with Crippen LogP contribution in [0, 0.1) is 0 Å². The van der Waals surface area contributed by atoms with Crippen LogP contribution < -0.4 is 10.1 Å². The van der Waals surface area contributed by atoms with E-state index in [1.807, 2.05) is 0 Å². The Kier molecular flexibility index (Phi) is 10.4. The van der Waals surface area contributed by atoms with Gasteiger partial charge in [-0.2, -0.15) is 13.2 Å². The van der Waals surface area contributed by atoms with Crippen molar-refractivity contribution in [2.45, 2.75) is 101 Å². The molecule has 0 bridgehead atoms. The number of nitrogens with zero attached hydrogens (tertiary/aromatic N) is 1. The standard InChI is InChI=1S/C25H35F3N2O7/c1-15-22(35-14-6-12-25(26,27)28)19(37-16-7-3-4-8-16)10-5-9-17(24(33)36-15)30-23(32)20-21(31)18(34-2)11-13-29-20/h11,13,15-17,19,22,31H,3-10,12,14H2,1-2H3,(H,30,32). The van der Waals surface area contributed by atoms with Gasteiger partial charge < -0.3 is 29.4 Å². The molecule has 208 valence electrons. The van der Waals surface area contributed by atoms with Crippen LogP contribution in [0.3, 0.4) is 0 Å². The number of halogens is 3. The summed E-state index contributed by atoms with van der Waals surface area (Å²) in [6, 6.07) is 0.361. The van der Waals surface area contributed by atoms with Crippen molar-refractivity contribution < 1.29 is 46.8 Å². The molecule has 1 saturated carbocycles. The summed E-state index contributed by atoms with van der Waals surface area (Å²) in [7, 11) is 1.33. The number of carbonyl (C=O) groups is 2. The summed E-state index contributed by atoms with van der Waals surface area (Å²) in [5, 5.41) is 12.8. The van der Waals surface area contributed by atoms with Gasteiger partial charge in [0.25, 0.3) is 5.91 Å². The van der Waals surface area contributed by atoms with Gasteiger partial charge >= 0.3 is 12.1 Å². The Labute approximate surface area is 214 Å². The molecule has 0 radical (unpaired) electrons. The maximum absolute atomic E-state index is 13.0. The number of nitrogens with one attached hydrogen (secondary N) is 1. The molecular weight excluding hydrogens is 497 g/mol. The number of alkyl halides is 3. The summed E-state index contributed by atoms with van der Waals surface area (Å²) in [5.41, 5.74) is -0.298. The molecule has 1 aromatic rings. The quantitative estimate of drug-likeness (QED) is 0.361. The topological polar surface area (TPSA) is 116 Å². The van der Waals surface area contributed by atoms with Gasteiger partial charge in [-0.1, -0.05) is 12.8 Å². The van der Waals surface area contributed by atoms with Gasteiger partial charge in [-0.15, -0.1) is 0 Å². The molecule has 3 rings (SSSR count). The third-order valence-electron chi connectivity index (χ3n) is 6.61. The van der Waals surface area contributed by atoms with Crippen molar-refractivity contribution in [3.05, 3.63) is 18.0 Å². The van der Waals surface area contributed by atoms with E-state index in [1.165, 1.54) is 19.4 Å². The van der Waals surface area contributed by atoms with Crippen LogP contribution in [0.5, 0.6) is 11.5 Å². The van der Waals surface area contributed by atoms with Crippen LogP contribution in [-0.4, -0.2) is 72.3 Å². The maximum Gasteiger partial charge on any atom is 0.389 e. The second-order valence-electron chi connectivity index (χ2n) is 9.44. The summed E-state index contributed by atoms with van der Waals surface area (Å²) in [4.78, 5) is 29.6. The predicted molar refractivity (Wildman–Crippen MR) is 125 cm³/mol. The number of carbonyl (C=O) groups excluding carboxylic acids is 2. The number of amides is 1. The average molecular weight is 533 g/mol. The Bertz CT molecular complexity index is 909. The molecule has 2 fully saturated rings. The molecule has 9 nitrogen and oxygen atoms in total. The van der Waals surface area contributed by atoms with Crippen LogP contribution in [0.4, 0.5) is 13.2 Å². The Hall–Kier alpha value is -2.60. The van der Waals surface area contributed by atoms with Crippen LogP contribution in [-0.2, 0) is 19.0 Å². The van der Waals surface area contributed by atoms with Crippen molar-refractivity contribution >= 4 is 11.9 Å². The Balaban J connectivity index is 1.71. The molecule has 1 aliphatic heterocycles. The van der Waals surface area contributed by atoms with E-state index >= 15 is 0 Å². The number of aromatic nitrogens is 1. The second kappa shape index (κ2) is 13.3. The van der Waals surface area contributed by atoms with Crippen LogP contribution >= 0.6 is 0 Å². The van der Waals surface area contributed by atoms with E-state index in [9.17, 15) is 27.9 Å². The molecule has 2 heterocycles. The molecule has 1 amide bonds. The summed E-state index contributed by atoms with van der Waals surface area (Å²) >= 11 is 0. The first-order valence-electron chi connectivity index (χ1n) is 12.7. The van der Waals surface area contributed by atoms with Crippen molar-refractivity contribution in [1.29, 1.82) is 0 Å². The second-order valence-corrected chi connectivity index (χ2v) is 9.44. The van der Waals surface area contributed by atoms with E-state index in [-0.39, 0.29) is 37.0 Å². The third kappa shape index (κ3) is 8.46. The lowest BCUT2D eigenvalue weighted by Gasteiger charge is -2.33. The largest absolute Gasteiger partial charge is 0.503 e. The van der Waals surface area contributed by atoms with E-state index in [2.05, 4.69) is 10.3 Å². The molecular formula is C25H35F3N2O7. The van der Waals surface area contributed by atoms with Gasteiger partial charge in [-0.3, -0.25) is 4.79 Å². The van der Waals surface area contributed by atoms with Crippen molar-refractivity contribution in [3.8, 4) is 11.5 Å². The number of methoxy groups -OCH3 is 1. The average Bonchev–Trinajstić information content (AvgIpc) is 3.35. The lowest BCUT2D eigenvalue weighted by atomic mass is 10.0. The summed E-state index contributed by atoms with van der Waals surface area (Å²) < 4.78 is 60.5. The van der Waals surface area contributed by atoms with Gasteiger partial charge in [0.1, 0.15) is 18.2 Å². The van der Waals surface area contributed by atoms with E-state index < -0.39 is 54.6 Å². The smallest absolute Gasteiger partial charge is 0.389 e. The fraction of sp³-hybridized carbons (Fsp3) is 0.720. The highest BCUT2D eigenvalue weighted by molar-refractivity contribution is 5.97. The molecule has 0 aromatic carbocycles. The molecule has 0 spiro atoms. The molecule has 4 atom stereocenters. The zero-order chi connectivity index (χ0) is 27.0. The minimum Gasteiger partial charge on any atom is -0.503 e. The van der Waals surface area contributed by atoms with Crippen molar-refractivity contribution in [2.24, 2.45) is 0 Å². The molecule has 12 heteroatoms. The Morgan fingerprint density at radius 2 is 1.95 bits per heavy atom. The summed E-state index contributed by atoms with van der Waals surface area (Å²) in [5.74, 6) is -1.88. The number of hydrogen-bond acceptors (Lipinski definition) is 8. The predicted octanol–water partition coefficient (Wildman–Crippen LogP) is 4.07. The first-order chi connectivity index (χ1) is 17.6. The number of pyridine rings is 1. The van der Waals surface area contributed by atoms with E-state index in [0.717, 1.165) is 25.7 Å². The lowest BCUT2D eigenvalue weighted by Crippen LogP contribution is -2.46. The fourth-order valence-corrected chi connectivity index (χ4v) is 4.72. The molecule has 2 aliphatic rings. The van der Waals surface area contributed by atoms with Crippen LogP contribution in [0.25, 0.3) is 0 Å². The van der Waals surface area contributed by atoms with E-state index in [0.29, 0.717) is 12.8 Å². The maximum atomic E-state index is 13.0. The minimum atomic E-state index is -4.28. The van der Waals surface area contributed by atoms with Crippen LogP contribution in [0.2, 0.25) is 0 Å². The lowest BCUT2D eigenvalue weighted by molar-refractivity contribution is -0.174.